The second-order valence-electron chi connectivity index (χ2n) is 10.2. The van der Waals surface area contributed by atoms with Gasteiger partial charge in [-0.3, -0.25) is 4.79 Å². The number of hydrogen-bond donors (Lipinski definition) is 1. The molecule has 1 amide bonds. The zero-order valence-corrected chi connectivity index (χ0v) is 21.9. The Labute approximate surface area is 210 Å². The topological polar surface area (TPSA) is 49.6 Å². The van der Waals surface area contributed by atoms with Crippen molar-refractivity contribution < 1.29 is 4.79 Å². The fourth-order valence-electron chi connectivity index (χ4n) is 4.58. The van der Waals surface area contributed by atoms with Crippen LogP contribution in [0.1, 0.15) is 51.7 Å². The predicted molar refractivity (Wildman–Crippen MR) is 144 cm³/mol. The molecule has 2 aromatic carbocycles. The van der Waals surface area contributed by atoms with Crippen molar-refractivity contribution in [2.75, 3.05) is 24.5 Å². The van der Waals surface area contributed by atoms with Crippen LogP contribution in [0.4, 0.5) is 5.69 Å². The summed E-state index contributed by atoms with van der Waals surface area (Å²) in [5, 5.41) is 0.777. The van der Waals surface area contributed by atoms with Crippen molar-refractivity contribution in [1.82, 2.24) is 4.90 Å². The summed E-state index contributed by atoms with van der Waals surface area (Å²) in [7, 11) is 0. The van der Waals surface area contributed by atoms with Crippen molar-refractivity contribution >= 4 is 23.2 Å². The standard InChI is InChI=1S/C29H40ClN3O/c1-21(2)15-18-33(27-16-17-32(20-27)29(34)28(31)19-22(3)4)26-13-9-24(10-14-26)6-5-23-7-11-25(30)12-8-23/h7-15,22,27-28H,5-6,16-20,31H2,1-4H3/t27-,28?/m0/s1. The highest BCUT2D eigenvalue weighted by molar-refractivity contribution is 6.30. The SMILES string of the molecule is CC(C)=CCN(c1ccc(CCc2ccc(Cl)cc2)cc1)[C@H]1CCN(C(=O)C(N)CC(C)C)C1. The Balaban J connectivity index is 1.66. The third-order valence-corrected chi connectivity index (χ3v) is 6.79. The lowest BCUT2D eigenvalue weighted by Gasteiger charge is -2.31. The van der Waals surface area contributed by atoms with E-state index in [1.54, 1.807) is 0 Å². The van der Waals surface area contributed by atoms with Gasteiger partial charge in [-0.25, -0.2) is 0 Å². The zero-order valence-electron chi connectivity index (χ0n) is 21.1. The number of nitrogens with zero attached hydrogens (tertiary/aromatic N) is 2. The molecule has 0 saturated carbocycles. The largest absolute Gasteiger partial charge is 0.363 e. The molecule has 5 heteroatoms. The van der Waals surface area contributed by atoms with E-state index in [4.69, 9.17) is 17.3 Å². The van der Waals surface area contributed by atoms with Gasteiger partial charge in [0, 0.05) is 36.4 Å². The average molecular weight is 482 g/mol. The number of likely N-dealkylation sites (tertiary alicyclic amines) is 1. The molecule has 2 aromatic rings. The third-order valence-electron chi connectivity index (χ3n) is 6.54. The molecule has 1 fully saturated rings. The van der Waals surface area contributed by atoms with Crippen LogP contribution in [0.2, 0.25) is 5.02 Å². The first-order valence-electron chi connectivity index (χ1n) is 12.5. The normalized spacial score (nSPS) is 16.6. The molecule has 0 aromatic heterocycles. The van der Waals surface area contributed by atoms with Gasteiger partial charge in [0.05, 0.1) is 6.04 Å². The van der Waals surface area contributed by atoms with Gasteiger partial charge in [-0.15, -0.1) is 0 Å². The first-order valence-corrected chi connectivity index (χ1v) is 12.9. The molecule has 1 aliphatic heterocycles. The minimum absolute atomic E-state index is 0.0934. The second-order valence-corrected chi connectivity index (χ2v) is 10.6. The molecular formula is C29H40ClN3O. The number of amides is 1. The van der Waals surface area contributed by atoms with E-state index in [9.17, 15) is 4.79 Å². The lowest BCUT2D eigenvalue weighted by molar-refractivity contribution is -0.131. The van der Waals surface area contributed by atoms with E-state index in [0.717, 1.165) is 50.3 Å². The lowest BCUT2D eigenvalue weighted by Crippen LogP contribution is -2.45. The van der Waals surface area contributed by atoms with Gasteiger partial charge in [0.15, 0.2) is 0 Å². The van der Waals surface area contributed by atoms with Gasteiger partial charge in [0.2, 0.25) is 5.91 Å². The first kappa shape index (κ1) is 26.3. The Kier molecular flexibility index (Phi) is 9.61. The van der Waals surface area contributed by atoms with Crippen LogP contribution in [-0.4, -0.2) is 42.5 Å². The molecule has 0 bridgehead atoms. The van der Waals surface area contributed by atoms with Crippen molar-refractivity contribution in [2.24, 2.45) is 11.7 Å². The summed E-state index contributed by atoms with van der Waals surface area (Å²) < 4.78 is 0. The summed E-state index contributed by atoms with van der Waals surface area (Å²) in [6.45, 7) is 10.8. The van der Waals surface area contributed by atoms with Crippen LogP contribution >= 0.6 is 11.6 Å². The summed E-state index contributed by atoms with van der Waals surface area (Å²) in [6.07, 6.45) is 5.96. The lowest BCUT2D eigenvalue weighted by atomic mass is 10.0. The van der Waals surface area contributed by atoms with Crippen molar-refractivity contribution in [1.29, 1.82) is 0 Å². The smallest absolute Gasteiger partial charge is 0.239 e. The molecule has 2 N–H and O–H groups in total. The van der Waals surface area contributed by atoms with Gasteiger partial charge < -0.3 is 15.5 Å². The highest BCUT2D eigenvalue weighted by Gasteiger charge is 2.32. The minimum atomic E-state index is -0.398. The van der Waals surface area contributed by atoms with E-state index in [1.807, 2.05) is 17.0 Å². The Morgan fingerprint density at radius 3 is 2.24 bits per heavy atom. The Hall–Kier alpha value is -2.30. The molecule has 1 unspecified atom stereocenters. The molecule has 1 heterocycles. The highest BCUT2D eigenvalue weighted by Crippen LogP contribution is 2.25. The van der Waals surface area contributed by atoms with E-state index in [0.29, 0.717) is 12.0 Å². The molecule has 0 aliphatic carbocycles. The van der Waals surface area contributed by atoms with Crippen LogP contribution in [0.3, 0.4) is 0 Å². The number of carbonyl (C=O) groups excluding carboxylic acids is 1. The average Bonchev–Trinajstić information content (AvgIpc) is 3.28. The number of benzene rings is 2. The van der Waals surface area contributed by atoms with Crippen LogP contribution in [0, 0.1) is 5.92 Å². The van der Waals surface area contributed by atoms with Crippen LogP contribution in [0.25, 0.3) is 0 Å². The van der Waals surface area contributed by atoms with Gasteiger partial charge in [-0.2, -0.15) is 0 Å². The minimum Gasteiger partial charge on any atom is -0.363 e. The van der Waals surface area contributed by atoms with Crippen LogP contribution in [0.15, 0.2) is 60.2 Å². The van der Waals surface area contributed by atoms with E-state index in [-0.39, 0.29) is 5.91 Å². The number of allylic oxidation sites excluding steroid dienone is 1. The molecule has 2 atom stereocenters. The Morgan fingerprint density at radius 1 is 1.09 bits per heavy atom. The number of rotatable bonds is 10. The summed E-state index contributed by atoms with van der Waals surface area (Å²) in [4.78, 5) is 17.3. The number of aryl methyl sites for hydroxylation is 2. The van der Waals surface area contributed by atoms with Gasteiger partial charge >= 0.3 is 0 Å². The maximum Gasteiger partial charge on any atom is 0.239 e. The molecule has 0 radical (unpaired) electrons. The van der Waals surface area contributed by atoms with Crippen molar-refractivity contribution in [3.63, 3.8) is 0 Å². The van der Waals surface area contributed by atoms with Gasteiger partial charge in [0.1, 0.15) is 0 Å². The first-order chi connectivity index (χ1) is 16.2. The number of carbonyl (C=O) groups is 1. The second kappa shape index (κ2) is 12.4. The van der Waals surface area contributed by atoms with Crippen molar-refractivity contribution in [3.05, 3.63) is 76.3 Å². The van der Waals surface area contributed by atoms with E-state index in [1.165, 1.54) is 22.4 Å². The van der Waals surface area contributed by atoms with Gasteiger partial charge in [0.25, 0.3) is 0 Å². The molecule has 0 spiro atoms. The third kappa shape index (κ3) is 7.61. The van der Waals surface area contributed by atoms with Gasteiger partial charge in [-0.1, -0.05) is 61.4 Å². The summed E-state index contributed by atoms with van der Waals surface area (Å²) >= 11 is 6.00. The molecule has 34 heavy (non-hydrogen) atoms. The predicted octanol–water partition coefficient (Wildman–Crippen LogP) is 5.87. The number of halogens is 1. The summed E-state index contributed by atoms with van der Waals surface area (Å²) in [5.41, 5.74) is 11.3. The molecule has 184 valence electrons. The Bertz CT molecular complexity index is 948. The van der Waals surface area contributed by atoms with Crippen LogP contribution in [-0.2, 0) is 17.6 Å². The Morgan fingerprint density at radius 2 is 1.68 bits per heavy atom. The number of nitrogens with two attached hydrogens (primary N) is 1. The number of anilines is 1. The maximum absolute atomic E-state index is 12.9. The molecule has 4 nitrogen and oxygen atoms in total. The molecule has 1 saturated heterocycles. The van der Waals surface area contributed by atoms with Crippen LogP contribution in [0.5, 0.6) is 0 Å². The molecular weight excluding hydrogens is 442 g/mol. The van der Waals surface area contributed by atoms with E-state index >= 15 is 0 Å². The molecule has 1 aliphatic rings. The van der Waals surface area contributed by atoms with Crippen molar-refractivity contribution in [2.45, 2.75) is 65.5 Å². The van der Waals surface area contributed by atoms with E-state index < -0.39 is 6.04 Å². The zero-order chi connectivity index (χ0) is 24.7. The van der Waals surface area contributed by atoms with Crippen molar-refractivity contribution in [3.8, 4) is 0 Å². The summed E-state index contributed by atoms with van der Waals surface area (Å²) in [6, 6.07) is 16.9. The fourth-order valence-corrected chi connectivity index (χ4v) is 4.71. The molecule has 3 rings (SSSR count). The maximum atomic E-state index is 12.9. The fraction of sp³-hybridized carbons (Fsp3) is 0.483. The van der Waals surface area contributed by atoms with E-state index in [2.05, 4.69) is 75.1 Å². The summed E-state index contributed by atoms with van der Waals surface area (Å²) in [5.74, 6) is 0.514. The van der Waals surface area contributed by atoms with Gasteiger partial charge in [-0.05, 0) is 80.8 Å². The quantitative estimate of drug-likeness (QED) is 0.431. The monoisotopic (exact) mass is 481 g/mol. The highest BCUT2D eigenvalue weighted by atomic mass is 35.5. The van der Waals surface area contributed by atoms with Crippen LogP contribution < -0.4 is 10.6 Å². The number of hydrogen-bond acceptors (Lipinski definition) is 3.